The van der Waals surface area contributed by atoms with Gasteiger partial charge in [-0.2, -0.15) is 0 Å². The van der Waals surface area contributed by atoms with Gasteiger partial charge >= 0.3 is 0 Å². The van der Waals surface area contributed by atoms with Crippen molar-refractivity contribution in [2.45, 2.75) is 25.5 Å². The van der Waals surface area contributed by atoms with Crippen LogP contribution in [-0.4, -0.2) is 26.5 Å². The van der Waals surface area contributed by atoms with Crippen LogP contribution in [0.1, 0.15) is 20.8 Å². The molecule has 2 N–H and O–H groups in total. The van der Waals surface area contributed by atoms with E-state index in [2.05, 4.69) is 10.3 Å². The first-order chi connectivity index (χ1) is 7.38. The molecule has 0 aliphatic carbocycles. The highest BCUT2D eigenvalue weighted by Gasteiger charge is 2.14. The van der Waals surface area contributed by atoms with E-state index in [-0.39, 0.29) is 22.2 Å². The number of pyridine rings is 1. The third-order valence-electron chi connectivity index (χ3n) is 1.68. The molecule has 16 heavy (non-hydrogen) atoms. The van der Waals surface area contributed by atoms with Crippen LogP contribution in [0.5, 0.6) is 5.75 Å². The number of carbonyl (C=O) groups excluding carboxylic acids is 1. The minimum atomic E-state index is -0.158. The predicted molar refractivity (Wildman–Crippen MR) is 66.7 cm³/mol. The maximum Gasteiger partial charge on any atom is 0.235 e. The Hall–Kier alpha value is -1.23. The molecule has 5 heteroatoms. The van der Waals surface area contributed by atoms with Crippen LogP contribution in [0.15, 0.2) is 18.3 Å². The van der Waals surface area contributed by atoms with Gasteiger partial charge in [-0.1, -0.05) is 20.8 Å². The quantitative estimate of drug-likeness (QED) is 0.850. The Morgan fingerprint density at radius 2 is 2.25 bits per heavy atom. The molecular formula is C11H16N2O2S. The van der Waals surface area contributed by atoms with Gasteiger partial charge in [0.2, 0.25) is 5.91 Å². The SMILES string of the molecule is CC(C)(C)SCC(=O)Nc1ncccc1O. The lowest BCUT2D eigenvalue weighted by Crippen LogP contribution is -2.19. The van der Waals surface area contributed by atoms with Crippen LogP contribution >= 0.6 is 11.8 Å². The van der Waals surface area contributed by atoms with Crippen LogP contribution < -0.4 is 5.32 Å². The number of amides is 1. The normalized spacial score (nSPS) is 11.2. The Morgan fingerprint density at radius 1 is 1.56 bits per heavy atom. The second kappa shape index (κ2) is 5.21. The largest absolute Gasteiger partial charge is 0.504 e. The summed E-state index contributed by atoms with van der Waals surface area (Å²) in [5.41, 5.74) is 0. The summed E-state index contributed by atoms with van der Waals surface area (Å²) in [7, 11) is 0. The smallest absolute Gasteiger partial charge is 0.235 e. The summed E-state index contributed by atoms with van der Waals surface area (Å²) in [6.07, 6.45) is 1.52. The molecule has 0 unspecified atom stereocenters. The van der Waals surface area contributed by atoms with Crippen LogP contribution in [0.25, 0.3) is 0 Å². The summed E-state index contributed by atoms with van der Waals surface area (Å²) in [6.45, 7) is 6.13. The summed E-state index contributed by atoms with van der Waals surface area (Å²) in [4.78, 5) is 15.4. The second-order valence-corrected chi connectivity index (χ2v) is 6.12. The average Bonchev–Trinajstić information content (AvgIpc) is 2.18. The van der Waals surface area contributed by atoms with E-state index in [4.69, 9.17) is 0 Å². The minimum Gasteiger partial charge on any atom is -0.504 e. The highest BCUT2D eigenvalue weighted by molar-refractivity contribution is 8.01. The maximum absolute atomic E-state index is 11.5. The number of thioether (sulfide) groups is 1. The van der Waals surface area contributed by atoms with Crippen molar-refractivity contribution >= 4 is 23.5 Å². The lowest BCUT2D eigenvalue weighted by molar-refractivity contribution is -0.113. The van der Waals surface area contributed by atoms with Crippen molar-refractivity contribution in [3.05, 3.63) is 18.3 Å². The van der Waals surface area contributed by atoms with Crippen LogP contribution in [0, 0.1) is 0 Å². The summed E-state index contributed by atoms with van der Waals surface area (Å²) in [5.74, 6) is 0.382. The van der Waals surface area contributed by atoms with Gasteiger partial charge in [-0.05, 0) is 12.1 Å². The van der Waals surface area contributed by atoms with Crippen LogP contribution in [0.4, 0.5) is 5.82 Å². The number of nitrogens with zero attached hydrogens (tertiary/aromatic N) is 1. The van der Waals surface area contributed by atoms with Crippen molar-refractivity contribution in [3.63, 3.8) is 0 Å². The van der Waals surface area contributed by atoms with Gasteiger partial charge in [0.1, 0.15) is 0 Å². The molecule has 0 aromatic carbocycles. The summed E-state index contributed by atoms with van der Waals surface area (Å²) < 4.78 is 0.0451. The Morgan fingerprint density at radius 3 is 2.81 bits per heavy atom. The van der Waals surface area contributed by atoms with E-state index in [9.17, 15) is 9.90 Å². The van der Waals surface area contributed by atoms with E-state index in [0.717, 1.165) is 0 Å². The molecule has 4 nitrogen and oxygen atoms in total. The monoisotopic (exact) mass is 240 g/mol. The first-order valence-electron chi connectivity index (χ1n) is 4.96. The molecule has 0 saturated carbocycles. The van der Waals surface area contributed by atoms with E-state index < -0.39 is 0 Å². The molecule has 1 aromatic rings. The first-order valence-corrected chi connectivity index (χ1v) is 5.95. The maximum atomic E-state index is 11.5. The van der Waals surface area contributed by atoms with Gasteiger partial charge in [-0.25, -0.2) is 4.98 Å². The molecule has 1 aromatic heterocycles. The molecular weight excluding hydrogens is 224 g/mol. The molecule has 1 rings (SSSR count). The average molecular weight is 240 g/mol. The molecule has 0 spiro atoms. The highest BCUT2D eigenvalue weighted by atomic mass is 32.2. The number of aromatic hydroxyl groups is 1. The van der Waals surface area contributed by atoms with Crippen molar-refractivity contribution < 1.29 is 9.90 Å². The Kier molecular flexibility index (Phi) is 4.18. The van der Waals surface area contributed by atoms with Crippen molar-refractivity contribution in [3.8, 4) is 5.75 Å². The van der Waals surface area contributed by atoms with Gasteiger partial charge in [-0.3, -0.25) is 4.79 Å². The lowest BCUT2D eigenvalue weighted by Gasteiger charge is -2.16. The topological polar surface area (TPSA) is 62.2 Å². The number of aromatic nitrogens is 1. The zero-order chi connectivity index (χ0) is 12.2. The fraction of sp³-hybridized carbons (Fsp3) is 0.455. The van der Waals surface area contributed by atoms with E-state index in [1.54, 1.807) is 17.8 Å². The molecule has 0 radical (unpaired) electrons. The molecule has 0 aliphatic heterocycles. The number of nitrogens with one attached hydrogen (secondary N) is 1. The minimum absolute atomic E-state index is 0.0170. The van der Waals surface area contributed by atoms with E-state index in [0.29, 0.717) is 5.75 Å². The molecule has 1 heterocycles. The van der Waals surface area contributed by atoms with Gasteiger partial charge < -0.3 is 10.4 Å². The van der Waals surface area contributed by atoms with Gasteiger partial charge in [0, 0.05) is 10.9 Å². The lowest BCUT2D eigenvalue weighted by atomic mass is 10.3. The van der Waals surface area contributed by atoms with Crippen LogP contribution in [-0.2, 0) is 4.79 Å². The third-order valence-corrected chi connectivity index (χ3v) is 2.95. The molecule has 1 amide bonds. The van der Waals surface area contributed by atoms with Gasteiger partial charge in [0.15, 0.2) is 11.6 Å². The zero-order valence-electron chi connectivity index (χ0n) is 9.65. The molecule has 0 saturated heterocycles. The van der Waals surface area contributed by atoms with Gasteiger partial charge in [-0.15, -0.1) is 11.8 Å². The van der Waals surface area contributed by atoms with Crippen molar-refractivity contribution in [2.75, 3.05) is 11.1 Å². The molecule has 0 fully saturated rings. The fourth-order valence-electron chi connectivity index (χ4n) is 0.943. The summed E-state index contributed by atoms with van der Waals surface area (Å²) >= 11 is 1.55. The Labute approximate surface area is 99.5 Å². The fourth-order valence-corrected chi connectivity index (χ4v) is 1.58. The number of rotatable bonds is 3. The summed E-state index contributed by atoms with van der Waals surface area (Å²) in [6, 6.07) is 3.09. The van der Waals surface area contributed by atoms with Crippen LogP contribution in [0.3, 0.4) is 0 Å². The van der Waals surface area contributed by atoms with Gasteiger partial charge in [0.25, 0.3) is 0 Å². The summed E-state index contributed by atoms with van der Waals surface area (Å²) in [5, 5.41) is 12.0. The molecule has 0 aliphatic rings. The van der Waals surface area contributed by atoms with Crippen LogP contribution in [0.2, 0.25) is 0 Å². The molecule has 0 bridgehead atoms. The standard InChI is InChI=1S/C11H16N2O2S/c1-11(2,3)16-7-9(15)13-10-8(14)5-4-6-12-10/h4-6,14H,7H2,1-3H3,(H,12,13,15). The van der Waals surface area contributed by atoms with Crippen molar-refractivity contribution in [1.29, 1.82) is 0 Å². The molecule has 88 valence electrons. The number of anilines is 1. The predicted octanol–water partition coefficient (Wildman–Crippen LogP) is 2.26. The third kappa shape index (κ3) is 4.53. The van der Waals surface area contributed by atoms with Crippen molar-refractivity contribution in [2.24, 2.45) is 0 Å². The van der Waals surface area contributed by atoms with E-state index in [1.807, 2.05) is 20.8 Å². The van der Waals surface area contributed by atoms with E-state index in [1.165, 1.54) is 12.3 Å². The number of hydrogen-bond acceptors (Lipinski definition) is 4. The Balaban J connectivity index is 2.50. The number of hydrogen-bond donors (Lipinski definition) is 2. The van der Waals surface area contributed by atoms with Gasteiger partial charge in [0.05, 0.1) is 5.75 Å². The zero-order valence-corrected chi connectivity index (χ0v) is 10.5. The highest BCUT2D eigenvalue weighted by Crippen LogP contribution is 2.24. The molecule has 0 atom stereocenters. The second-order valence-electron chi connectivity index (χ2n) is 4.32. The Bertz CT molecular complexity index is 374. The van der Waals surface area contributed by atoms with E-state index >= 15 is 0 Å². The first kappa shape index (κ1) is 12.8. The number of carbonyl (C=O) groups is 1. The van der Waals surface area contributed by atoms with Crippen molar-refractivity contribution in [1.82, 2.24) is 4.98 Å².